The summed E-state index contributed by atoms with van der Waals surface area (Å²) in [6, 6.07) is 0. The van der Waals surface area contributed by atoms with Gasteiger partial charge in [-0.25, -0.2) is 0 Å². The van der Waals surface area contributed by atoms with Crippen molar-refractivity contribution in [1.82, 2.24) is 0 Å². The van der Waals surface area contributed by atoms with Gasteiger partial charge in [0.2, 0.25) is 0 Å². The second kappa shape index (κ2) is 5.16. The Bertz CT molecular complexity index is 215. The van der Waals surface area contributed by atoms with E-state index in [1.165, 1.54) is 38.5 Å². The molecular weight excluding hydrogens is 184 g/mol. The fourth-order valence-electron chi connectivity index (χ4n) is 3.44. The molecule has 0 radical (unpaired) electrons. The first-order chi connectivity index (χ1) is 7.31. The molecule has 2 aliphatic rings. The maximum Gasteiger partial charge on any atom is 0.0493 e. The summed E-state index contributed by atoms with van der Waals surface area (Å²) in [6.07, 6.45) is 13.0. The van der Waals surface area contributed by atoms with Crippen LogP contribution in [0.1, 0.15) is 45.4 Å². The van der Waals surface area contributed by atoms with E-state index in [9.17, 15) is 5.11 Å². The number of hydrogen-bond donors (Lipinski definition) is 1. The van der Waals surface area contributed by atoms with Gasteiger partial charge in [-0.15, -0.1) is 0 Å². The van der Waals surface area contributed by atoms with Gasteiger partial charge in [-0.3, -0.25) is 0 Å². The Hall–Kier alpha value is -0.300. The third-order valence-electron chi connectivity index (χ3n) is 4.43. The van der Waals surface area contributed by atoms with E-state index in [-0.39, 0.29) is 0 Å². The fourth-order valence-corrected chi connectivity index (χ4v) is 3.44. The van der Waals surface area contributed by atoms with Crippen LogP contribution in [0.5, 0.6) is 0 Å². The van der Waals surface area contributed by atoms with Crippen LogP contribution in [-0.2, 0) is 0 Å². The molecule has 1 nitrogen and oxygen atoms in total. The molecule has 0 saturated heterocycles. The zero-order valence-corrected chi connectivity index (χ0v) is 9.86. The second-order valence-corrected chi connectivity index (χ2v) is 5.48. The predicted molar refractivity (Wildman–Crippen MR) is 63.6 cm³/mol. The minimum Gasteiger partial charge on any atom is -0.396 e. The Kier molecular flexibility index (Phi) is 3.85. The zero-order valence-electron chi connectivity index (χ0n) is 9.86. The molecule has 2 aliphatic carbocycles. The van der Waals surface area contributed by atoms with E-state index in [1.807, 2.05) is 0 Å². The fraction of sp³-hybridized carbons (Fsp3) is 0.857. The lowest BCUT2D eigenvalue weighted by atomic mass is 9.68. The van der Waals surface area contributed by atoms with Crippen molar-refractivity contribution in [2.24, 2.45) is 23.7 Å². The number of rotatable bonds is 2. The van der Waals surface area contributed by atoms with E-state index in [0.29, 0.717) is 12.5 Å². The number of aliphatic hydroxyl groups excluding tert-OH is 1. The smallest absolute Gasteiger partial charge is 0.0493 e. The summed E-state index contributed by atoms with van der Waals surface area (Å²) in [5.74, 6) is 2.95. The van der Waals surface area contributed by atoms with Gasteiger partial charge in [0.05, 0.1) is 0 Å². The van der Waals surface area contributed by atoms with Gasteiger partial charge in [0.15, 0.2) is 0 Å². The van der Waals surface area contributed by atoms with Crippen LogP contribution < -0.4 is 0 Å². The van der Waals surface area contributed by atoms with Gasteiger partial charge >= 0.3 is 0 Å². The summed E-state index contributed by atoms with van der Waals surface area (Å²) in [4.78, 5) is 0. The van der Waals surface area contributed by atoms with Gasteiger partial charge in [0.1, 0.15) is 0 Å². The Morgan fingerprint density at radius 2 is 1.87 bits per heavy atom. The molecule has 0 aromatic heterocycles. The Morgan fingerprint density at radius 1 is 1.13 bits per heavy atom. The maximum absolute atomic E-state index is 9.24. The summed E-state index contributed by atoms with van der Waals surface area (Å²) in [6.45, 7) is 2.69. The van der Waals surface area contributed by atoms with Crippen LogP contribution in [0.25, 0.3) is 0 Å². The Balaban J connectivity index is 1.97. The van der Waals surface area contributed by atoms with E-state index >= 15 is 0 Å². The van der Waals surface area contributed by atoms with Crippen molar-refractivity contribution in [2.45, 2.75) is 45.4 Å². The summed E-state index contributed by atoms with van der Waals surface area (Å²) < 4.78 is 0. The molecule has 0 amide bonds. The largest absolute Gasteiger partial charge is 0.396 e. The van der Waals surface area contributed by atoms with Crippen LogP contribution in [0.4, 0.5) is 0 Å². The van der Waals surface area contributed by atoms with Crippen molar-refractivity contribution in [3.05, 3.63) is 12.2 Å². The van der Waals surface area contributed by atoms with E-state index in [1.54, 1.807) is 0 Å². The summed E-state index contributed by atoms with van der Waals surface area (Å²) in [5, 5.41) is 9.24. The molecule has 0 aliphatic heterocycles. The quantitative estimate of drug-likeness (QED) is 0.690. The first-order valence-corrected chi connectivity index (χ1v) is 6.60. The van der Waals surface area contributed by atoms with Gasteiger partial charge in [0, 0.05) is 12.5 Å². The molecule has 0 aromatic carbocycles. The third-order valence-corrected chi connectivity index (χ3v) is 4.43. The van der Waals surface area contributed by atoms with E-state index in [2.05, 4.69) is 19.1 Å². The van der Waals surface area contributed by atoms with Crippen LogP contribution >= 0.6 is 0 Å². The highest BCUT2D eigenvalue weighted by atomic mass is 16.3. The van der Waals surface area contributed by atoms with E-state index < -0.39 is 0 Å². The average molecular weight is 208 g/mol. The van der Waals surface area contributed by atoms with Crippen LogP contribution in [0.3, 0.4) is 0 Å². The number of allylic oxidation sites excluding steroid dienone is 1. The summed E-state index contributed by atoms with van der Waals surface area (Å²) in [7, 11) is 0. The molecule has 15 heavy (non-hydrogen) atoms. The molecule has 1 N–H and O–H groups in total. The van der Waals surface area contributed by atoms with Crippen molar-refractivity contribution >= 4 is 0 Å². The first-order valence-electron chi connectivity index (χ1n) is 6.60. The van der Waals surface area contributed by atoms with Gasteiger partial charge < -0.3 is 5.11 Å². The zero-order chi connectivity index (χ0) is 10.7. The van der Waals surface area contributed by atoms with Crippen LogP contribution in [0.15, 0.2) is 12.2 Å². The molecule has 0 bridgehead atoms. The van der Waals surface area contributed by atoms with E-state index in [4.69, 9.17) is 0 Å². The third kappa shape index (κ3) is 2.63. The number of aliphatic hydroxyl groups is 1. The van der Waals surface area contributed by atoms with Gasteiger partial charge in [-0.2, -0.15) is 0 Å². The van der Waals surface area contributed by atoms with Crippen LogP contribution in [0, 0.1) is 23.7 Å². The lowest BCUT2D eigenvalue weighted by molar-refractivity contribution is 0.145. The van der Waals surface area contributed by atoms with Gasteiger partial charge in [-0.05, 0) is 24.2 Å². The van der Waals surface area contributed by atoms with Gasteiger partial charge in [0.25, 0.3) is 0 Å². The minimum absolute atomic E-state index is 0.340. The highest BCUT2D eigenvalue weighted by Gasteiger charge is 2.30. The highest BCUT2D eigenvalue weighted by Crippen LogP contribution is 2.40. The summed E-state index contributed by atoms with van der Waals surface area (Å²) >= 11 is 0. The lowest BCUT2D eigenvalue weighted by Crippen LogP contribution is -2.28. The number of hydrogen-bond acceptors (Lipinski definition) is 1. The molecule has 1 fully saturated rings. The second-order valence-electron chi connectivity index (χ2n) is 5.48. The van der Waals surface area contributed by atoms with Crippen LogP contribution in [-0.4, -0.2) is 11.7 Å². The molecule has 3 unspecified atom stereocenters. The van der Waals surface area contributed by atoms with Crippen molar-refractivity contribution in [1.29, 1.82) is 0 Å². The molecule has 3 atom stereocenters. The first kappa shape index (κ1) is 11.2. The molecule has 0 aromatic rings. The summed E-state index contributed by atoms with van der Waals surface area (Å²) in [5.41, 5.74) is 0. The molecule has 1 heteroatoms. The molecule has 86 valence electrons. The molecular formula is C14H24O. The normalized spacial score (nSPS) is 38.1. The average Bonchev–Trinajstić information content (AvgIpc) is 2.31. The highest BCUT2D eigenvalue weighted by molar-refractivity contribution is 5.01. The monoisotopic (exact) mass is 208 g/mol. The molecule has 0 heterocycles. The molecule has 1 saturated carbocycles. The van der Waals surface area contributed by atoms with Crippen molar-refractivity contribution < 1.29 is 5.11 Å². The van der Waals surface area contributed by atoms with Crippen molar-refractivity contribution in [2.75, 3.05) is 6.61 Å². The van der Waals surface area contributed by atoms with Crippen molar-refractivity contribution in [3.63, 3.8) is 0 Å². The minimum atomic E-state index is 0.340. The maximum atomic E-state index is 9.24. The van der Waals surface area contributed by atoms with Crippen molar-refractivity contribution in [3.8, 4) is 0 Å². The SMILES string of the molecule is CC1C=CC(CO)CC1C1CCCCC1. The Morgan fingerprint density at radius 3 is 2.53 bits per heavy atom. The van der Waals surface area contributed by atoms with E-state index in [0.717, 1.165) is 17.8 Å². The van der Waals surface area contributed by atoms with Crippen LogP contribution in [0.2, 0.25) is 0 Å². The Labute approximate surface area is 93.6 Å². The molecule has 2 rings (SSSR count). The molecule has 0 spiro atoms. The standard InChI is InChI=1S/C14H24O/c1-11-7-8-12(10-15)9-14(11)13-5-3-2-4-6-13/h7-8,11-15H,2-6,9-10H2,1H3. The predicted octanol–water partition coefficient (Wildman–Crippen LogP) is 3.39. The van der Waals surface area contributed by atoms with Gasteiger partial charge in [-0.1, -0.05) is 51.2 Å². The topological polar surface area (TPSA) is 20.2 Å². The lowest BCUT2D eigenvalue weighted by Gasteiger charge is -2.37.